The number of pyridine rings is 1. The van der Waals surface area contributed by atoms with E-state index < -0.39 is 10.0 Å². The van der Waals surface area contributed by atoms with Crippen molar-refractivity contribution in [2.24, 2.45) is 5.92 Å². The smallest absolute Gasteiger partial charge is 0.244 e. The summed E-state index contributed by atoms with van der Waals surface area (Å²) in [5.41, 5.74) is 0. The second kappa shape index (κ2) is 9.32. The lowest BCUT2D eigenvalue weighted by atomic mass is 10.0. The summed E-state index contributed by atoms with van der Waals surface area (Å²) in [6, 6.07) is 3.85. The van der Waals surface area contributed by atoms with Gasteiger partial charge in [-0.1, -0.05) is 13.8 Å². The van der Waals surface area contributed by atoms with Gasteiger partial charge < -0.3 is 10.1 Å². The third-order valence-electron chi connectivity index (χ3n) is 5.26. The first-order valence-corrected chi connectivity index (χ1v) is 11.4. The molecule has 1 N–H and O–H groups in total. The van der Waals surface area contributed by atoms with Crippen LogP contribution in [0.15, 0.2) is 23.2 Å². The molecule has 152 valence electrons. The number of hydrogen-bond donors (Lipinski definition) is 1. The number of morpholine rings is 1. The van der Waals surface area contributed by atoms with Gasteiger partial charge in [0.25, 0.3) is 0 Å². The first kappa shape index (κ1) is 20.5. The van der Waals surface area contributed by atoms with E-state index in [4.69, 9.17) is 4.74 Å². The SMILES string of the molecule is CC(C)CC(CNc1ccc(S(=O)(=O)N2CCCC2)cn1)N1CCOCC1. The molecule has 1 atom stereocenters. The van der Waals surface area contributed by atoms with E-state index in [1.807, 2.05) is 0 Å². The van der Waals surface area contributed by atoms with Gasteiger partial charge in [-0.2, -0.15) is 4.31 Å². The number of ether oxygens (including phenoxy) is 1. The van der Waals surface area contributed by atoms with Gasteiger partial charge in [-0.25, -0.2) is 13.4 Å². The van der Waals surface area contributed by atoms with E-state index >= 15 is 0 Å². The minimum atomic E-state index is -3.40. The lowest BCUT2D eigenvalue weighted by Crippen LogP contribution is -2.47. The van der Waals surface area contributed by atoms with Crippen LogP contribution >= 0.6 is 0 Å². The standard InChI is InChI=1S/C19H32N4O3S/c1-16(2)13-17(22-9-11-26-12-10-22)14-20-19-6-5-18(15-21-19)27(24,25)23-7-3-4-8-23/h5-6,15-17H,3-4,7-14H2,1-2H3,(H,20,21). The van der Waals surface area contributed by atoms with E-state index in [2.05, 4.69) is 29.0 Å². The molecule has 2 aliphatic rings. The minimum absolute atomic E-state index is 0.279. The van der Waals surface area contributed by atoms with Crippen molar-refractivity contribution in [2.45, 2.75) is 44.0 Å². The Morgan fingerprint density at radius 2 is 1.85 bits per heavy atom. The summed E-state index contributed by atoms with van der Waals surface area (Å²) in [6.45, 7) is 9.99. The zero-order valence-electron chi connectivity index (χ0n) is 16.4. The number of rotatable bonds is 8. The largest absolute Gasteiger partial charge is 0.379 e. The molecule has 3 rings (SSSR count). The number of anilines is 1. The number of nitrogens with zero attached hydrogens (tertiary/aromatic N) is 3. The molecule has 0 radical (unpaired) electrons. The maximum absolute atomic E-state index is 12.6. The molecule has 1 aromatic heterocycles. The Morgan fingerprint density at radius 1 is 1.15 bits per heavy atom. The Balaban J connectivity index is 1.61. The summed E-state index contributed by atoms with van der Waals surface area (Å²) in [6.07, 6.45) is 4.45. The van der Waals surface area contributed by atoms with Gasteiger partial charge in [0.1, 0.15) is 10.7 Å². The second-order valence-corrected chi connectivity index (χ2v) is 9.74. The molecule has 2 fully saturated rings. The molecule has 2 aliphatic heterocycles. The molecule has 0 aliphatic carbocycles. The van der Waals surface area contributed by atoms with Crippen molar-refractivity contribution in [2.75, 3.05) is 51.3 Å². The molecular formula is C19H32N4O3S. The van der Waals surface area contributed by atoms with Crippen LogP contribution in [0.1, 0.15) is 33.1 Å². The Kier molecular flexibility index (Phi) is 7.08. The van der Waals surface area contributed by atoms with Gasteiger partial charge in [-0.05, 0) is 37.3 Å². The van der Waals surface area contributed by atoms with Gasteiger partial charge in [-0.3, -0.25) is 4.90 Å². The lowest BCUT2D eigenvalue weighted by molar-refractivity contribution is 0.0150. The van der Waals surface area contributed by atoms with Gasteiger partial charge in [0.15, 0.2) is 0 Å². The van der Waals surface area contributed by atoms with E-state index in [1.54, 1.807) is 16.4 Å². The van der Waals surface area contributed by atoms with E-state index in [0.717, 1.165) is 57.9 Å². The van der Waals surface area contributed by atoms with Crippen molar-refractivity contribution in [1.29, 1.82) is 0 Å². The third-order valence-corrected chi connectivity index (χ3v) is 7.15. The highest BCUT2D eigenvalue weighted by molar-refractivity contribution is 7.89. The number of nitrogens with one attached hydrogen (secondary N) is 1. The molecule has 27 heavy (non-hydrogen) atoms. The average Bonchev–Trinajstić information content (AvgIpc) is 3.21. The summed E-state index contributed by atoms with van der Waals surface area (Å²) >= 11 is 0. The number of aromatic nitrogens is 1. The van der Waals surface area contributed by atoms with Crippen molar-refractivity contribution in [3.63, 3.8) is 0 Å². The van der Waals surface area contributed by atoms with Crippen LogP contribution < -0.4 is 5.32 Å². The van der Waals surface area contributed by atoms with Crippen LogP contribution in [0.5, 0.6) is 0 Å². The number of hydrogen-bond acceptors (Lipinski definition) is 6. The van der Waals surface area contributed by atoms with Gasteiger partial charge >= 0.3 is 0 Å². The topological polar surface area (TPSA) is 74.8 Å². The predicted molar refractivity (Wildman–Crippen MR) is 106 cm³/mol. The van der Waals surface area contributed by atoms with Crippen LogP contribution in [0, 0.1) is 5.92 Å². The molecule has 7 nitrogen and oxygen atoms in total. The van der Waals surface area contributed by atoms with Gasteiger partial charge in [-0.15, -0.1) is 0 Å². The Labute approximate surface area is 163 Å². The van der Waals surface area contributed by atoms with Crippen LogP contribution in [-0.4, -0.2) is 74.6 Å². The lowest BCUT2D eigenvalue weighted by Gasteiger charge is -2.35. The Hall–Kier alpha value is -1.22. The molecule has 0 amide bonds. The molecule has 8 heteroatoms. The Bertz CT molecular complexity index is 681. The fraction of sp³-hybridized carbons (Fsp3) is 0.737. The zero-order valence-corrected chi connectivity index (χ0v) is 17.2. The molecule has 1 aromatic rings. The molecule has 2 saturated heterocycles. The predicted octanol–water partition coefficient (Wildman–Crippen LogP) is 2.02. The summed E-state index contributed by atoms with van der Waals surface area (Å²) in [5, 5.41) is 3.39. The number of sulfonamides is 1. The van der Waals surface area contributed by atoms with E-state index in [9.17, 15) is 8.42 Å². The average molecular weight is 397 g/mol. The zero-order chi connectivity index (χ0) is 19.3. The molecule has 1 unspecified atom stereocenters. The van der Waals surface area contributed by atoms with Gasteiger partial charge in [0, 0.05) is 45.0 Å². The van der Waals surface area contributed by atoms with Gasteiger partial charge in [0.05, 0.1) is 13.2 Å². The van der Waals surface area contributed by atoms with Crippen LogP contribution in [0.3, 0.4) is 0 Å². The third kappa shape index (κ3) is 5.40. The van der Waals surface area contributed by atoms with Crippen molar-refractivity contribution in [3.8, 4) is 0 Å². The summed E-state index contributed by atoms with van der Waals surface area (Å²) in [5.74, 6) is 1.33. The second-order valence-electron chi connectivity index (χ2n) is 7.80. The fourth-order valence-electron chi connectivity index (χ4n) is 3.79. The van der Waals surface area contributed by atoms with Crippen molar-refractivity contribution < 1.29 is 13.2 Å². The summed E-state index contributed by atoms with van der Waals surface area (Å²) < 4.78 is 32.2. The first-order chi connectivity index (χ1) is 13.0. The molecular weight excluding hydrogens is 364 g/mol. The minimum Gasteiger partial charge on any atom is -0.379 e. The maximum Gasteiger partial charge on any atom is 0.244 e. The maximum atomic E-state index is 12.6. The molecule has 3 heterocycles. The molecule has 0 bridgehead atoms. The van der Waals surface area contributed by atoms with Crippen LogP contribution in [0.2, 0.25) is 0 Å². The molecule has 0 spiro atoms. The summed E-state index contributed by atoms with van der Waals surface area (Å²) in [4.78, 5) is 7.11. The van der Waals surface area contributed by atoms with Crippen LogP contribution in [-0.2, 0) is 14.8 Å². The van der Waals surface area contributed by atoms with E-state index in [-0.39, 0.29) is 4.90 Å². The highest BCUT2D eigenvalue weighted by Crippen LogP contribution is 2.21. The summed E-state index contributed by atoms with van der Waals surface area (Å²) in [7, 11) is -3.40. The highest BCUT2D eigenvalue weighted by atomic mass is 32.2. The van der Waals surface area contributed by atoms with Crippen LogP contribution in [0.25, 0.3) is 0 Å². The van der Waals surface area contributed by atoms with E-state index in [1.165, 1.54) is 6.20 Å². The van der Waals surface area contributed by atoms with Crippen molar-refractivity contribution in [1.82, 2.24) is 14.2 Å². The Morgan fingerprint density at radius 3 is 2.44 bits per heavy atom. The monoisotopic (exact) mass is 396 g/mol. The highest BCUT2D eigenvalue weighted by Gasteiger charge is 2.27. The molecule has 0 aromatic carbocycles. The molecule has 0 saturated carbocycles. The van der Waals surface area contributed by atoms with Crippen molar-refractivity contribution >= 4 is 15.8 Å². The normalized spacial score (nSPS) is 20.9. The van der Waals surface area contributed by atoms with Crippen LogP contribution in [0.4, 0.5) is 5.82 Å². The van der Waals surface area contributed by atoms with Crippen molar-refractivity contribution in [3.05, 3.63) is 18.3 Å². The van der Waals surface area contributed by atoms with Gasteiger partial charge in [0.2, 0.25) is 10.0 Å². The van der Waals surface area contributed by atoms with E-state index in [0.29, 0.717) is 25.0 Å². The quantitative estimate of drug-likeness (QED) is 0.725. The first-order valence-electron chi connectivity index (χ1n) is 9.98. The fourth-order valence-corrected chi connectivity index (χ4v) is 5.25.